The molecule has 6 aliphatic rings. The minimum absolute atomic E-state index is 0. The zero-order valence-electron chi connectivity index (χ0n) is 46.6. The first-order valence-corrected chi connectivity index (χ1v) is 27.7. The molecular weight excluding hydrogens is 1100 g/mol. The van der Waals surface area contributed by atoms with Crippen molar-refractivity contribution in [2.75, 3.05) is 26.2 Å². The third-order valence-electron chi connectivity index (χ3n) is 16.8. The topological polar surface area (TPSA) is 139 Å². The summed E-state index contributed by atoms with van der Waals surface area (Å²) < 4.78 is 57.5. The summed E-state index contributed by atoms with van der Waals surface area (Å²) in [5, 5.41) is 31.3. The number of alkyl halides is 3. The van der Waals surface area contributed by atoms with Crippen LogP contribution >= 0.6 is 0 Å². The molecule has 0 bridgehead atoms. The van der Waals surface area contributed by atoms with E-state index in [2.05, 4.69) is 137 Å². The van der Waals surface area contributed by atoms with Crippen LogP contribution in [-0.4, -0.2) is 87.0 Å². The Bertz CT molecular complexity index is 1750. The average Bonchev–Trinajstić information content (AvgIpc) is 3.21. The first-order valence-electron chi connectivity index (χ1n) is 26.3. The molecule has 5 saturated heterocycles. The molecule has 0 aromatic carbocycles. The summed E-state index contributed by atoms with van der Waals surface area (Å²) in [4.78, 5) is 0. The quantitative estimate of drug-likeness (QED) is 0.170. The van der Waals surface area contributed by atoms with Crippen LogP contribution in [-0.2, 0) is 54.9 Å². The maximum Gasteiger partial charge on any atom is 1.00 e. The summed E-state index contributed by atoms with van der Waals surface area (Å²) >= 11 is 0. The van der Waals surface area contributed by atoms with Gasteiger partial charge in [0.1, 0.15) is 0 Å². The zero-order valence-corrected chi connectivity index (χ0v) is 50.4. The van der Waals surface area contributed by atoms with Crippen LogP contribution in [0.4, 0.5) is 13.2 Å². The van der Waals surface area contributed by atoms with Crippen LogP contribution in [0.15, 0.2) is 23.4 Å². The van der Waals surface area contributed by atoms with Gasteiger partial charge in [-0.3, -0.25) is 4.55 Å². The minimum atomic E-state index is -5.84. The van der Waals surface area contributed by atoms with Gasteiger partial charge in [0.15, 0.2) is 0 Å². The molecular formula is C55H97Ag2F3N6O3S-5. The van der Waals surface area contributed by atoms with Crippen molar-refractivity contribution in [2.24, 2.45) is 62.1 Å². The Balaban J connectivity index is 0.000000405. The van der Waals surface area contributed by atoms with Gasteiger partial charge >= 0.3 is 38.0 Å². The second kappa shape index (κ2) is 25.6. The molecule has 6 rings (SSSR count). The van der Waals surface area contributed by atoms with E-state index in [9.17, 15) is 13.2 Å². The van der Waals surface area contributed by atoms with Gasteiger partial charge in [-0.05, 0) is 67.7 Å². The molecule has 5 fully saturated rings. The van der Waals surface area contributed by atoms with Gasteiger partial charge in [0, 0.05) is 22.4 Å². The van der Waals surface area contributed by atoms with E-state index in [4.69, 9.17) is 44.9 Å². The van der Waals surface area contributed by atoms with Crippen LogP contribution < -0.4 is 0 Å². The molecule has 0 saturated carbocycles. The van der Waals surface area contributed by atoms with Crippen molar-refractivity contribution in [1.29, 1.82) is 0 Å². The van der Waals surface area contributed by atoms with Gasteiger partial charge in [0.2, 0.25) is 0 Å². The standard InChI is InChI=1S/C27H50N3.C27H46N3.CHF3O3S.2Ag/c2*1-25(2,3)18-10-12-28-21(14-18)23-16-20(27(7,8)9)17-24(30-23)22-15-19(11-13-29-22)26(4,5)6;2-1(3,4)8(5,6)7;;/h18-24H,10-17H2,1-9H3;10,14,19-20,22-24H,11-13,15-17H2,1-9H3;(H,5,6,7);;/q2*-3;;;+1. The summed E-state index contributed by atoms with van der Waals surface area (Å²) in [6.45, 7) is 46.9. The number of hydrogen-bond acceptors (Lipinski definition) is 2. The third-order valence-corrected chi connectivity index (χ3v) is 17.4. The molecule has 6 aliphatic heterocycles. The third kappa shape index (κ3) is 19.7. The largest absolute Gasteiger partial charge is 1.00 e. The predicted molar refractivity (Wildman–Crippen MR) is 280 cm³/mol. The molecule has 70 heavy (non-hydrogen) atoms. The Morgan fingerprint density at radius 1 is 0.500 bits per heavy atom. The zero-order chi connectivity index (χ0) is 51.6. The van der Waals surface area contributed by atoms with Gasteiger partial charge in [-0.25, -0.2) is 0 Å². The van der Waals surface area contributed by atoms with Gasteiger partial charge in [-0.2, -0.15) is 63.5 Å². The molecule has 1 N–H and O–H groups in total. The molecule has 419 valence electrons. The Morgan fingerprint density at radius 2 is 0.800 bits per heavy atom. The number of rotatable bonds is 4. The maximum absolute atomic E-state index is 10.7. The Hall–Kier alpha value is 0.261. The van der Waals surface area contributed by atoms with Crippen molar-refractivity contribution in [3.05, 3.63) is 55.3 Å². The van der Waals surface area contributed by atoms with E-state index < -0.39 is 15.6 Å². The number of halogens is 3. The molecule has 15 heteroatoms. The van der Waals surface area contributed by atoms with E-state index in [1.807, 2.05) is 0 Å². The number of allylic oxidation sites excluding steroid dienone is 2. The molecule has 0 aliphatic carbocycles. The van der Waals surface area contributed by atoms with E-state index in [1.54, 1.807) is 0 Å². The number of nitrogens with zero attached hydrogens (tertiary/aromatic N) is 6. The molecule has 11 unspecified atom stereocenters. The van der Waals surface area contributed by atoms with E-state index in [-0.39, 0.29) is 56.2 Å². The van der Waals surface area contributed by atoms with E-state index >= 15 is 0 Å². The smallest absolute Gasteiger partial charge is 0.686 e. The summed E-state index contributed by atoms with van der Waals surface area (Å²) in [6, 6.07) is 2.63. The van der Waals surface area contributed by atoms with Crippen molar-refractivity contribution in [3.63, 3.8) is 0 Å². The monoisotopic (exact) mass is 1190 g/mol. The van der Waals surface area contributed by atoms with Gasteiger partial charge in [-0.1, -0.05) is 201 Å². The Morgan fingerprint density at radius 3 is 1.10 bits per heavy atom. The molecule has 11 atom stereocenters. The number of piperidine rings is 5. The first kappa shape index (κ1) is 66.4. The van der Waals surface area contributed by atoms with E-state index in [0.717, 1.165) is 56.3 Å². The van der Waals surface area contributed by atoms with Gasteiger partial charge in [-0.15, -0.1) is 32.2 Å². The first-order chi connectivity index (χ1) is 30.7. The van der Waals surface area contributed by atoms with Gasteiger partial charge in [0.05, 0.1) is 0 Å². The van der Waals surface area contributed by atoms with Crippen LogP contribution in [0.3, 0.4) is 0 Å². The second-order valence-corrected chi connectivity index (χ2v) is 29.4. The maximum atomic E-state index is 10.7. The Labute approximate surface area is 458 Å². The molecule has 6 heterocycles. The fourth-order valence-corrected chi connectivity index (χ4v) is 11.5. The molecule has 0 amide bonds. The van der Waals surface area contributed by atoms with E-state index in [1.165, 1.54) is 69.1 Å². The molecule has 0 spiro atoms. The van der Waals surface area contributed by atoms with Crippen LogP contribution in [0.5, 0.6) is 0 Å². The summed E-state index contributed by atoms with van der Waals surface area (Å²) in [7, 11) is -5.84. The fourth-order valence-electron chi connectivity index (χ4n) is 11.5. The van der Waals surface area contributed by atoms with Crippen LogP contribution in [0.25, 0.3) is 31.9 Å². The van der Waals surface area contributed by atoms with Crippen molar-refractivity contribution in [3.8, 4) is 0 Å². The molecule has 0 aromatic rings. The van der Waals surface area contributed by atoms with Gasteiger partial charge < -0.3 is 31.9 Å². The normalized spacial score (nSPS) is 33.2. The van der Waals surface area contributed by atoms with Crippen LogP contribution in [0.2, 0.25) is 0 Å². The Kier molecular flexibility index (Phi) is 24.3. The SMILES string of the molecule is CC(C)(C)C1=CC[N-]C(C2CC(C(C)(C)C)CC(C3CC(C(C)(C)C)CC[N-]3)[N-]2)=C1.CC(C)(C)C1CC[N-]C(C2CC(C(C)(C)C)CC(C3CC(C(C)(C)C)CC[N-]3)[N-]2)C1.O=S(=O)(O)C(F)(F)F.[Ag+].[Ag]. The number of hydrogen-bond donors (Lipinski definition) is 1. The molecule has 0 aromatic heterocycles. The van der Waals surface area contributed by atoms with Crippen LogP contribution in [0.1, 0.15) is 189 Å². The minimum Gasteiger partial charge on any atom is -0.686 e. The summed E-state index contributed by atoms with van der Waals surface area (Å²) in [6.07, 6.45) is 16.8. The van der Waals surface area contributed by atoms with Crippen LogP contribution in [0, 0.1) is 62.1 Å². The second-order valence-electron chi connectivity index (χ2n) is 28.0. The molecule has 1 radical (unpaired) electrons. The summed E-state index contributed by atoms with van der Waals surface area (Å²) in [5.74, 6) is 3.68. The summed E-state index contributed by atoms with van der Waals surface area (Å²) in [5.41, 5.74) is -1.000. The molecule has 9 nitrogen and oxygen atoms in total. The van der Waals surface area contributed by atoms with E-state index in [0.29, 0.717) is 69.2 Å². The predicted octanol–water partition coefficient (Wildman–Crippen LogP) is 16.3. The van der Waals surface area contributed by atoms with Gasteiger partial charge in [0.25, 0.3) is 0 Å². The average molecular weight is 1200 g/mol. The van der Waals surface area contributed by atoms with Crippen molar-refractivity contribution in [2.45, 2.75) is 237 Å². The fraction of sp³-hybridized carbons (Fsp3) is 0.927. The van der Waals surface area contributed by atoms with Crippen molar-refractivity contribution >= 4 is 10.1 Å². The van der Waals surface area contributed by atoms with Crippen molar-refractivity contribution in [1.82, 2.24) is 0 Å². The van der Waals surface area contributed by atoms with Crippen molar-refractivity contribution < 1.29 is 70.9 Å².